The van der Waals surface area contributed by atoms with Crippen molar-refractivity contribution in [3.05, 3.63) is 0 Å². The van der Waals surface area contributed by atoms with Crippen LogP contribution in [0, 0.1) is 415 Å². The van der Waals surface area contributed by atoms with E-state index in [9.17, 15) is 0 Å². The third-order valence-electron chi connectivity index (χ3n) is 1.000. The van der Waals surface area contributed by atoms with Crippen molar-refractivity contribution in [3.8, 4) is 0 Å². The van der Waals surface area contributed by atoms with E-state index in [1.165, 1.54) is 25.7 Å². The molecule has 0 saturated carbocycles. The molecule has 0 bridgehead atoms. The topological polar surface area (TPSA) is 0 Å². The smallest absolute Gasteiger partial charge is 0 e. The fourth-order valence-corrected chi connectivity index (χ4v) is 0. The molecule has 0 aromatic carbocycles. The van der Waals surface area contributed by atoms with Crippen molar-refractivity contribution < 1.29 is 415 Å². The van der Waals surface area contributed by atoms with Gasteiger partial charge in [-0.3, -0.25) is 0 Å². The average molecular weight is 556 g/mol. The van der Waals surface area contributed by atoms with Crippen molar-refractivity contribution in [2.45, 2.75) is 53.4 Å². The van der Waals surface area contributed by atoms with Crippen LogP contribution in [-0.2, 0) is 0 Å². The Bertz CT molecular complexity index is 26.7. The molecule has 0 aliphatic rings. The Morgan fingerprint density at radius 1 is 0.263 bits per heavy atom. The van der Waals surface area contributed by atoms with E-state index in [0.717, 1.165) is 0 Å². The van der Waals surface area contributed by atoms with Crippen molar-refractivity contribution >= 4 is 0 Å². The van der Waals surface area contributed by atoms with Crippen LogP contribution in [0.15, 0.2) is 0 Å². The molecule has 0 atom stereocenters. The molecule has 0 unspecified atom stereocenters. The van der Waals surface area contributed by atoms with Crippen LogP contribution >= 0.6 is 0 Å². The summed E-state index contributed by atoms with van der Waals surface area (Å²) in [6.45, 7) is 8.72. The fraction of sp³-hybridized carbons (Fsp3) is 1.00. The standard InChI is InChI=1S/2C4H10.11Ar/c2*1-3-4-2;;;;;;;;;;;/h2*3-4H2,1-2H3;;;;;;;;;;;. The van der Waals surface area contributed by atoms with Gasteiger partial charge in [0.2, 0.25) is 0 Å². The number of hydrogen-bond donors (Lipinski definition) is 0. The van der Waals surface area contributed by atoms with E-state index in [0.29, 0.717) is 0 Å². The van der Waals surface area contributed by atoms with Gasteiger partial charge >= 0.3 is 0 Å². The molecule has 0 aliphatic carbocycles. The first-order chi connectivity index (χ1) is 3.83. The Hall–Kier alpha value is 13.9. The predicted molar refractivity (Wildman–Crippen MR) is 41.2 cm³/mol. The third kappa shape index (κ3) is 113. The zero-order valence-electron chi connectivity index (χ0n) is 10.7. The van der Waals surface area contributed by atoms with Gasteiger partial charge < -0.3 is 0 Å². The van der Waals surface area contributed by atoms with Crippen molar-refractivity contribution in [1.82, 2.24) is 0 Å². The van der Waals surface area contributed by atoms with Crippen molar-refractivity contribution in [1.29, 1.82) is 0 Å². The molecule has 11 heteroatoms. The molecule has 19 heavy (non-hydrogen) atoms. The van der Waals surface area contributed by atoms with E-state index in [4.69, 9.17) is 0 Å². The van der Waals surface area contributed by atoms with E-state index in [1.807, 2.05) is 0 Å². The van der Waals surface area contributed by atoms with E-state index in [1.54, 1.807) is 0 Å². The number of unbranched alkanes of at least 4 members (excludes halogenated alkanes) is 2. The summed E-state index contributed by atoms with van der Waals surface area (Å²) in [4.78, 5) is 0. The van der Waals surface area contributed by atoms with Gasteiger partial charge in [0.1, 0.15) is 0 Å². The molecule has 0 N–H and O–H groups in total. The van der Waals surface area contributed by atoms with Crippen LogP contribution in [0.4, 0.5) is 0 Å². The summed E-state index contributed by atoms with van der Waals surface area (Å²) in [6.07, 6.45) is 5.28. The molecule has 0 spiro atoms. The molecule has 0 radical (unpaired) electrons. The average Bonchev–Trinajstić information content (AvgIpc) is 1.88. The van der Waals surface area contributed by atoms with Gasteiger partial charge in [-0.1, -0.05) is 53.4 Å². The molecule has 0 amide bonds. The van der Waals surface area contributed by atoms with Crippen LogP contribution in [0.1, 0.15) is 53.4 Å². The minimum Gasteiger partial charge on any atom is -0.0654 e. The van der Waals surface area contributed by atoms with Gasteiger partial charge in [-0.15, -0.1) is 0 Å². The first-order valence-corrected chi connectivity index (χ1v) is 3.83. The van der Waals surface area contributed by atoms with Crippen LogP contribution < -0.4 is 0 Å². The van der Waals surface area contributed by atoms with E-state index >= 15 is 0 Å². The maximum absolute atomic E-state index is 2.18. The maximum atomic E-state index is 2.18. The largest absolute Gasteiger partial charge is 0.0654 e. The van der Waals surface area contributed by atoms with Crippen LogP contribution in [0.25, 0.3) is 0 Å². The second-order valence-electron chi connectivity index (χ2n) is 2.00. The summed E-state index contributed by atoms with van der Waals surface area (Å²) in [6, 6.07) is 0. The van der Waals surface area contributed by atoms with Crippen molar-refractivity contribution in [2.24, 2.45) is 0 Å². The quantitative estimate of drug-likeness (QED) is 0.489. The summed E-state index contributed by atoms with van der Waals surface area (Å²) in [5.74, 6) is 0. The molecule has 0 aliphatic heterocycles. The fourth-order valence-electron chi connectivity index (χ4n) is 0. The minimum atomic E-state index is 0. The molecule has 0 aromatic rings. The Morgan fingerprint density at radius 3 is 0.316 bits per heavy atom. The molecule has 0 nitrogen and oxygen atoms in total. The van der Waals surface area contributed by atoms with Gasteiger partial charge in [0, 0.05) is 415 Å². The van der Waals surface area contributed by atoms with Gasteiger partial charge in [0.25, 0.3) is 0 Å². The van der Waals surface area contributed by atoms with Crippen LogP contribution in [-0.4, -0.2) is 0 Å². The third-order valence-corrected chi connectivity index (χ3v) is 1.000. The number of hydrogen-bond acceptors (Lipinski definition) is 0. The molecule has 0 fully saturated rings. The van der Waals surface area contributed by atoms with Gasteiger partial charge in [0.05, 0.1) is 0 Å². The molecule has 0 saturated heterocycles. The van der Waals surface area contributed by atoms with E-state index in [2.05, 4.69) is 27.7 Å². The SMILES string of the molecule is CCCC.CCCC.[Ar].[Ar].[Ar].[Ar].[Ar].[Ar].[Ar].[Ar].[Ar].[Ar].[Ar]. The van der Waals surface area contributed by atoms with Gasteiger partial charge in [-0.2, -0.15) is 0 Å². The van der Waals surface area contributed by atoms with Gasteiger partial charge in [-0.05, 0) is 0 Å². The second-order valence-corrected chi connectivity index (χ2v) is 2.00. The first kappa shape index (κ1) is 84.6. The summed E-state index contributed by atoms with van der Waals surface area (Å²) in [5.41, 5.74) is 0. The Balaban J connectivity index is -0.00000000218. The van der Waals surface area contributed by atoms with Gasteiger partial charge in [-0.25, -0.2) is 0 Å². The zero-order valence-corrected chi connectivity index (χ0v) is 18.5. The van der Waals surface area contributed by atoms with E-state index in [-0.39, 0.29) is 415 Å². The Labute approximate surface area is 452 Å². The maximum Gasteiger partial charge on any atom is 0 e. The molecule has 140 valence electrons. The number of rotatable bonds is 2. The molecular formula is C8H20Ar11. The zero-order chi connectivity index (χ0) is 6.83. The summed E-state index contributed by atoms with van der Waals surface area (Å²) < 4.78 is 0. The van der Waals surface area contributed by atoms with Crippen LogP contribution in [0.5, 0.6) is 0 Å². The molecule has 0 rings (SSSR count). The molecule has 0 heterocycles. The molecular weight excluding hydrogens is 536 g/mol. The second kappa shape index (κ2) is 95.1. The Kier molecular flexibility index (Phi) is 423. The normalized spacial score (nSPS) is 3.16. The minimum absolute atomic E-state index is 0. The Morgan fingerprint density at radius 2 is 0.316 bits per heavy atom. The van der Waals surface area contributed by atoms with Crippen LogP contribution in [0.2, 0.25) is 0 Å². The molecule has 0 aromatic heterocycles. The summed E-state index contributed by atoms with van der Waals surface area (Å²) in [5, 5.41) is 0. The summed E-state index contributed by atoms with van der Waals surface area (Å²) in [7, 11) is 0. The van der Waals surface area contributed by atoms with Gasteiger partial charge in [0.15, 0.2) is 0 Å². The van der Waals surface area contributed by atoms with Crippen LogP contribution in [0.3, 0.4) is 0 Å². The van der Waals surface area contributed by atoms with Crippen molar-refractivity contribution in [3.63, 3.8) is 0 Å². The summed E-state index contributed by atoms with van der Waals surface area (Å²) >= 11 is 0. The predicted octanol–water partition coefficient (Wildman–Crippen LogP) is 3.61. The monoisotopic (exact) mass is 556 g/mol. The van der Waals surface area contributed by atoms with E-state index < -0.39 is 0 Å². The van der Waals surface area contributed by atoms with Crippen molar-refractivity contribution in [2.75, 3.05) is 0 Å². The first-order valence-electron chi connectivity index (χ1n) is 3.83.